The Morgan fingerprint density at radius 2 is 1.82 bits per heavy atom. The van der Waals surface area contributed by atoms with E-state index in [1.165, 1.54) is 12.3 Å². The van der Waals surface area contributed by atoms with Gasteiger partial charge in [-0.2, -0.15) is 0 Å². The fraction of sp³-hybridized carbons (Fsp3) is 0.333. The van der Waals surface area contributed by atoms with Crippen molar-refractivity contribution in [1.82, 2.24) is 15.2 Å². The fourth-order valence-corrected chi connectivity index (χ4v) is 6.17. The average Bonchev–Trinajstić information content (AvgIpc) is 3.55. The molecule has 1 saturated heterocycles. The number of amides is 4. The predicted octanol–water partition coefficient (Wildman–Crippen LogP) is 3.37. The molecule has 0 aliphatic carbocycles. The Labute approximate surface area is 236 Å². The van der Waals surface area contributed by atoms with E-state index in [9.17, 15) is 22.8 Å². The maximum absolute atomic E-state index is 13.7. The first-order chi connectivity index (χ1) is 19.2. The maximum atomic E-state index is 13.7. The van der Waals surface area contributed by atoms with Gasteiger partial charge in [0.2, 0.25) is 5.91 Å². The summed E-state index contributed by atoms with van der Waals surface area (Å²) in [7, 11) is -2.00. The molecule has 2 heterocycles. The van der Waals surface area contributed by atoms with Crippen molar-refractivity contribution in [2.45, 2.75) is 36.9 Å². The second-order valence-electron chi connectivity index (χ2n) is 9.03. The normalized spacial score (nSPS) is 16.9. The van der Waals surface area contributed by atoms with Crippen LogP contribution in [0.15, 0.2) is 65.0 Å². The van der Waals surface area contributed by atoms with Gasteiger partial charge in [0.1, 0.15) is 24.4 Å². The molecule has 0 radical (unpaired) electrons. The van der Waals surface area contributed by atoms with Crippen molar-refractivity contribution in [2.24, 2.45) is 0 Å². The highest BCUT2D eigenvalue weighted by atomic mass is 32.2. The minimum Gasteiger partial charge on any atom is -0.491 e. The molecule has 1 fully saturated rings. The van der Waals surface area contributed by atoms with Gasteiger partial charge in [-0.1, -0.05) is 56.3 Å². The highest BCUT2D eigenvalue weighted by Crippen LogP contribution is 2.32. The summed E-state index contributed by atoms with van der Waals surface area (Å²) in [6.45, 7) is 4.03. The van der Waals surface area contributed by atoms with Crippen LogP contribution in [0.5, 0.6) is 5.75 Å². The molecule has 13 heteroatoms. The highest BCUT2D eigenvalue weighted by molar-refractivity contribution is 7.91. The number of nitrogens with one attached hydrogen (secondary N) is 2. The summed E-state index contributed by atoms with van der Waals surface area (Å²) in [5, 5.41) is 6.55. The van der Waals surface area contributed by atoms with Crippen LogP contribution in [-0.4, -0.2) is 68.3 Å². The van der Waals surface area contributed by atoms with E-state index in [1.807, 2.05) is 6.07 Å². The Bertz CT molecular complexity index is 1460. The third kappa shape index (κ3) is 6.32. The number of benzene rings is 2. The lowest BCUT2D eigenvalue weighted by atomic mass is 9.91. The van der Waals surface area contributed by atoms with Crippen LogP contribution in [0.2, 0.25) is 0 Å². The second kappa shape index (κ2) is 12.6. The van der Waals surface area contributed by atoms with E-state index >= 15 is 0 Å². The molecule has 4 amide bonds. The molecule has 0 spiro atoms. The molecule has 212 valence electrons. The molecular weight excluding hydrogens is 556 g/mol. The summed E-state index contributed by atoms with van der Waals surface area (Å²) in [6.07, 6.45) is 0. The number of methoxy groups -OCH3 is 1. The molecule has 3 aromatic rings. The zero-order valence-electron chi connectivity index (χ0n) is 22.2. The van der Waals surface area contributed by atoms with Crippen molar-refractivity contribution in [1.29, 1.82) is 0 Å². The standard InChI is InChI=1S/C27H30N4O7S2/c1-4-40(35,36)21-16-39-26(28-21)30-24(32)23(17(2)18-8-6-5-7-9-18)31-25(33)22(29-27(31)34)19-10-12-20(13-11-19)38-15-14-37-3/h5-13,16-17,22-23H,4,14-15H2,1-3H3,(H,29,34)(H,28,30,32)/t17-,22?,23-/m0/s1. The molecule has 0 saturated carbocycles. The number of sulfone groups is 1. The van der Waals surface area contributed by atoms with Crippen molar-refractivity contribution in [3.63, 3.8) is 0 Å². The SMILES string of the molecule is CCS(=O)(=O)c1csc(NC(=O)[C@H]([C@@H](C)c2ccccc2)N2C(=O)NC(c3ccc(OCCOC)cc3)C2=O)n1. The van der Waals surface area contributed by atoms with Crippen molar-refractivity contribution in [3.05, 3.63) is 71.1 Å². The first-order valence-corrected chi connectivity index (χ1v) is 15.1. The van der Waals surface area contributed by atoms with E-state index in [0.717, 1.165) is 21.8 Å². The topological polar surface area (TPSA) is 144 Å². The molecule has 2 N–H and O–H groups in total. The molecule has 0 bridgehead atoms. The van der Waals surface area contributed by atoms with Gasteiger partial charge in [-0.05, 0) is 23.3 Å². The van der Waals surface area contributed by atoms with E-state index in [0.29, 0.717) is 24.5 Å². The molecule has 1 aromatic heterocycles. The van der Waals surface area contributed by atoms with Gasteiger partial charge in [-0.25, -0.2) is 23.1 Å². The zero-order valence-corrected chi connectivity index (χ0v) is 23.8. The number of anilines is 1. The number of hydrogen-bond acceptors (Lipinski definition) is 9. The summed E-state index contributed by atoms with van der Waals surface area (Å²) in [6, 6.07) is 12.8. The van der Waals surface area contributed by atoms with E-state index in [4.69, 9.17) is 9.47 Å². The Balaban J connectivity index is 1.61. The summed E-state index contributed by atoms with van der Waals surface area (Å²) in [5.41, 5.74) is 1.26. The maximum Gasteiger partial charge on any atom is 0.325 e. The van der Waals surface area contributed by atoms with Crippen LogP contribution in [0.4, 0.5) is 9.93 Å². The van der Waals surface area contributed by atoms with Crippen LogP contribution in [0.25, 0.3) is 0 Å². The number of rotatable bonds is 12. The highest BCUT2D eigenvalue weighted by Gasteiger charge is 2.47. The van der Waals surface area contributed by atoms with E-state index in [-0.39, 0.29) is 15.9 Å². The minimum atomic E-state index is -3.57. The van der Waals surface area contributed by atoms with E-state index in [1.54, 1.807) is 62.6 Å². The third-order valence-electron chi connectivity index (χ3n) is 6.50. The lowest BCUT2D eigenvalue weighted by molar-refractivity contribution is -0.134. The third-order valence-corrected chi connectivity index (χ3v) is 9.01. The smallest absolute Gasteiger partial charge is 0.325 e. The number of carbonyl (C=O) groups is 3. The van der Waals surface area contributed by atoms with Gasteiger partial charge in [-0.3, -0.25) is 9.59 Å². The molecule has 3 atom stereocenters. The van der Waals surface area contributed by atoms with Gasteiger partial charge < -0.3 is 20.1 Å². The number of ether oxygens (including phenoxy) is 2. The van der Waals surface area contributed by atoms with Crippen LogP contribution in [0.3, 0.4) is 0 Å². The minimum absolute atomic E-state index is 0.0509. The van der Waals surface area contributed by atoms with Crippen LogP contribution < -0.4 is 15.4 Å². The van der Waals surface area contributed by atoms with E-state index < -0.39 is 45.7 Å². The summed E-state index contributed by atoms with van der Waals surface area (Å²) >= 11 is 0.949. The first kappa shape index (κ1) is 29.2. The molecule has 4 rings (SSSR count). The van der Waals surface area contributed by atoms with Crippen LogP contribution >= 0.6 is 11.3 Å². The van der Waals surface area contributed by atoms with Crippen LogP contribution in [0.1, 0.15) is 36.9 Å². The molecule has 1 unspecified atom stereocenters. The van der Waals surface area contributed by atoms with Crippen molar-refractivity contribution >= 4 is 44.2 Å². The Kier molecular flexibility index (Phi) is 9.17. The lowest BCUT2D eigenvalue weighted by Crippen LogP contribution is -2.50. The molecule has 1 aliphatic heterocycles. The first-order valence-electron chi connectivity index (χ1n) is 12.6. The van der Waals surface area contributed by atoms with E-state index in [2.05, 4.69) is 15.6 Å². The zero-order chi connectivity index (χ0) is 28.9. The number of thiazole rings is 1. The Hall–Kier alpha value is -3.81. The van der Waals surface area contributed by atoms with Crippen molar-refractivity contribution in [3.8, 4) is 5.75 Å². The number of urea groups is 1. The molecular formula is C27H30N4O7S2. The van der Waals surface area contributed by atoms with Gasteiger partial charge in [0.25, 0.3) is 5.91 Å². The van der Waals surface area contributed by atoms with Crippen LogP contribution in [0, 0.1) is 0 Å². The number of carbonyl (C=O) groups excluding carboxylic acids is 3. The molecule has 40 heavy (non-hydrogen) atoms. The van der Waals surface area contributed by atoms with Gasteiger partial charge in [-0.15, -0.1) is 11.3 Å². The van der Waals surface area contributed by atoms with Crippen molar-refractivity contribution < 1.29 is 32.3 Å². The number of hydrogen-bond donors (Lipinski definition) is 2. The monoisotopic (exact) mass is 586 g/mol. The second-order valence-corrected chi connectivity index (χ2v) is 12.1. The predicted molar refractivity (Wildman–Crippen MR) is 149 cm³/mol. The number of aromatic nitrogens is 1. The molecule has 1 aliphatic rings. The largest absolute Gasteiger partial charge is 0.491 e. The fourth-order valence-electron chi connectivity index (χ4n) is 4.28. The molecule has 2 aromatic carbocycles. The number of imide groups is 1. The van der Waals surface area contributed by atoms with Crippen molar-refractivity contribution in [2.75, 3.05) is 31.4 Å². The van der Waals surface area contributed by atoms with Gasteiger partial charge in [0, 0.05) is 18.4 Å². The Morgan fingerprint density at radius 3 is 2.48 bits per heavy atom. The summed E-state index contributed by atoms with van der Waals surface area (Å²) in [4.78, 5) is 45.5. The van der Waals surface area contributed by atoms with Gasteiger partial charge in [0.15, 0.2) is 20.0 Å². The van der Waals surface area contributed by atoms with Crippen LogP contribution in [-0.2, 0) is 24.2 Å². The quantitative estimate of drug-likeness (QED) is 0.243. The lowest BCUT2D eigenvalue weighted by Gasteiger charge is -2.29. The number of nitrogens with zero attached hydrogens (tertiary/aromatic N) is 2. The summed E-state index contributed by atoms with van der Waals surface area (Å²) in [5.74, 6) is -1.41. The molecule has 11 nitrogen and oxygen atoms in total. The average molecular weight is 587 g/mol. The van der Waals surface area contributed by atoms with Gasteiger partial charge >= 0.3 is 6.03 Å². The van der Waals surface area contributed by atoms with Gasteiger partial charge in [0.05, 0.1) is 12.4 Å². The summed E-state index contributed by atoms with van der Waals surface area (Å²) < 4.78 is 34.9. The Morgan fingerprint density at radius 1 is 1.12 bits per heavy atom.